The Kier molecular flexibility index (Phi) is 8.29. The van der Waals surface area contributed by atoms with Gasteiger partial charge in [-0.1, -0.05) is 31.2 Å². The molecule has 2 atom stereocenters. The van der Waals surface area contributed by atoms with Gasteiger partial charge in [-0.05, 0) is 37.5 Å². The van der Waals surface area contributed by atoms with Crippen LogP contribution >= 0.6 is 0 Å². The van der Waals surface area contributed by atoms with E-state index in [-0.39, 0.29) is 24.7 Å². The van der Waals surface area contributed by atoms with Crippen LogP contribution in [-0.4, -0.2) is 46.8 Å². The van der Waals surface area contributed by atoms with Crippen molar-refractivity contribution in [2.75, 3.05) is 35.0 Å². The first-order valence-electron chi connectivity index (χ1n) is 12.7. The number of benzene rings is 2. The summed E-state index contributed by atoms with van der Waals surface area (Å²) in [6, 6.07) is 11.3. The highest BCUT2D eigenvalue weighted by Gasteiger charge is 2.43. The van der Waals surface area contributed by atoms with E-state index in [1.165, 1.54) is 14.2 Å². The average molecular weight is 522 g/mol. The Morgan fingerprint density at radius 1 is 0.895 bits per heavy atom. The molecular weight excluding hydrogens is 486 g/mol. The maximum atomic E-state index is 14.0. The number of ketones is 1. The number of carbonyl (C=O) groups excluding carboxylic acids is 2. The van der Waals surface area contributed by atoms with E-state index in [0.717, 1.165) is 17.0 Å². The lowest BCUT2D eigenvalue weighted by Gasteiger charge is -2.37. The molecule has 0 bridgehead atoms. The minimum absolute atomic E-state index is 0.0511. The molecular formula is C30H35NO7. The first-order chi connectivity index (χ1) is 18.4. The van der Waals surface area contributed by atoms with Crippen molar-refractivity contribution < 1.29 is 33.3 Å². The monoisotopic (exact) mass is 521 g/mol. The van der Waals surface area contributed by atoms with E-state index < -0.39 is 11.9 Å². The highest BCUT2D eigenvalue weighted by atomic mass is 16.5. The van der Waals surface area contributed by atoms with E-state index in [4.69, 9.17) is 23.7 Å². The van der Waals surface area contributed by atoms with Crippen molar-refractivity contribution in [1.82, 2.24) is 5.32 Å². The molecule has 2 aliphatic rings. The van der Waals surface area contributed by atoms with Crippen LogP contribution in [0.5, 0.6) is 23.0 Å². The number of esters is 1. The summed E-state index contributed by atoms with van der Waals surface area (Å²) in [5, 5.41) is 3.38. The molecule has 0 aromatic heterocycles. The van der Waals surface area contributed by atoms with Crippen LogP contribution in [0.2, 0.25) is 0 Å². The first kappa shape index (κ1) is 27.1. The van der Waals surface area contributed by atoms with Crippen LogP contribution in [0.3, 0.4) is 0 Å². The van der Waals surface area contributed by atoms with Crippen molar-refractivity contribution in [3.8, 4) is 23.0 Å². The lowest BCUT2D eigenvalue weighted by molar-refractivity contribution is -0.139. The molecule has 0 amide bonds. The number of nitrogens with one attached hydrogen (secondary N) is 1. The Labute approximate surface area is 223 Å². The Morgan fingerprint density at radius 2 is 1.61 bits per heavy atom. The van der Waals surface area contributed by atoms with Gasteiger partial charge >= 0.3 is 5.97 Å². The van der Waals surface area contributed by atoms with Crippen molar-refractivity contribution in [3.05, 3.63) is 70.1 Å². The third-order valence-electron chi connectivity index (χ3n) is 7.11. The second-order valence-corrected chi connectivity index (χ2v) is 9.32. The second-order valence-electron chi connectivity index (χ2n) is 9.32. The van der Waals surface area contributed by atoms with Gasteiger partial charge in [-0.2, -0.15) is 0 Å². The number of carbonyl (C=O) groups is 2. The number of Topliss-reactive ketones (excluding diaryl/α,β-unsaturated/α-hetero) is 1. The van der Waals surface area contributed by atoms with Gasteiger partial charge in [0, 0.05) is 34.9 Å². The quantitative estimate of drug-likeness (QED) is 0.459. The second kappa shape index (κ2) is 11.6. The molecule has 0 fully saturated rings. The van der Waals surface area contributed by atoms with E-state index in [1.807, 2.05) is 44.2 Å². The fourth-order valence-corrected chi connectivity index (χ4v) is 5.47. The summed E-state index contributed by atoms with van der Waals surface area (Å²) in [6.07, 6.45) is 1.55. The lowest BCUT2D eigenvalue weighted by atomic mass is 9.71. The molecule has 1 aliphatic carbocycles. The van der Waals surface area contributed by atoms with Gasteiger partial charge in [0.05, 0.1) is 46.5 Å². The minimum Gasteiger partial charge on any atom is -0.496 e. The molecule has 0 radical (unpaired) electrons. The van der Waals surface area contributed by atoms with E-state index in [2.05, 4.69) is 5.32 Å². The fraction of sp³-hybridized carbons (Fsp3) is 0.400. The van der Waals surface area contributed by atoms with Gasteiger partial charge in [0.25, 0.3) is 0 Å². The maximum absolute atomic E-state index is 14.0. The Morgan fingerprint density at radius 3 is 2.26 bits per heavy atom. The number of methoxy groups -OCH3 is 4. The molecule has 8 heteroatoms. The van der Waals surface area contributed by atoms with Gasteiger partial charge in [-0.25, -0.2) is 4.79 Å². The number of rotatable bonds is 9. The number of allylic oxidation sites excluding steroid dienone is 3. The molecule has 0 saturated heterocycles. The molecule has 0 saturated carbocycles. The molecule has 1 aliphatic heterocycles. The van der Waals surface area contributed by atoms with Gasteiger partial charge in [0.1, 0.15) is 5.75 Å². The van der Waals surface area contributed by atoms with E-state index in [9.17, 15) is 9.59 Å². The normalized spacial score (nSPS) is 18.9. The van der Waals surface area contributed by atoms with Crippen LogP contribution < -0.4 is 24.3 Å². The topological polar surface area (TPSA) is 92.3 Å². The molecule has 2 aromatic rings. The highest BCUT2D eigenvalue weighted by molar-refractivity contribution is 6.04. The van der Waals surface area contributed by atoms with Crippen LogP contribution in [0, 0.1) is 0 Å². The van der Waals surface area contributed by atoms with Crippen molar-refractivity contribution in [1.29, 1.82) is 0 Å². The maximum Gasteiger partial charge on any atom is 0.336 e. The molecule has 38 heavy (non-hydrogen) atoms. The third kappa shape index (κ3) is 4.83. The van der Waals surface area contributed by atoms with Crippen molar-refractivity contribution in [3.63, 3.8) is 0 Å². The van der Waals surface area contributed by atoms with Gasteiger partial charge in [-0.3, -0.25) is 4.79 Å². The van der Waals surface area contributed by atoms with Crippen LogP contribution in [0.15, 0.2) is 58.9 Å². The van der Waals surface area contributed by atoms with Crippen LogP contribution in [0.25, 0.3) is 0 Å². The fourth-order valence-electron chi connectivity index (χ4n) is 5.47. The van der Waals surface area contributed by atoms with E-state index >= 15 is 0 Å². The smallest absolute Gasteiger partial charge is 0.336 e. The predicted molar refractivity (Wildman–Crippen MR) is 143 cm³/mol. The van der Waals surface area contributed by atoms with Crippen molar-refractivity contribution in [2.45, 2.75) is 44.9 Å². The van der Waals surface area contributed by atoms with E-state index in [0.29, 0.717) is 52.5 Å². The molecule has 1 N–H and O–H groups in total. The summed E-state index contributed by atoms with van der Waals surface area (Å²) in [6.45, 7) is 4.05. The SMILES string of the molecule is CCCOC(=O)C1=C(C)NC2=C(C(=O)C[C@@H](c3ccccc3OC)C2)[C@@H]1c1ccc(OC)c(OC)c1OC. The summed E-state index contributed by atoms with van der Waals surface area (Å²) in [4.78, 5) is 27.4. The molecule has 202 valence electrons. The Hall–Kier alpha value is -3.94. The molecule has 1 heterocycles. The number of ether oxygens (including phenoxy) is 5. The number of hydrogen-bond acceptors (Lipinski definition) is 8. The zero-order chi connectivity index (χ0) is 27.4. The molecule has 8 nitrogen and oxygen atoms in total. The Balaban J connectivity index is 1.89. The highest BCUT2D eigenvalue weighted by Crippen LogP contribution is 2.51. The number of para-hydroxylation sites is 1. The summed E-state index contributed by atoms with van der Waals surface area (Å²) in [5.74, 6) is 0.740. The summed E-state index contributed by atoms with van der Waals surface area (Å²) >= 11 is 0. The van der Waals surface area contributed by atoms with Crippen LogP contribution in [0.1, 0.15) is 56.1 Å². The van der Waals surface area contributed by atoms with Gasteiger partial charge in [0.15, 0.2) is 17.3 Å². The zero-order valence-corrected chi connectivity index (χ0v) is 22.8. The van der Waals surface area contributed by atoms with Gasteiger partial charge in [-0.15, -0.1) is 0 Å². The predicted octanol–water partition coefficient (Wildman–Crippen LogP) is 5.04. The lowest BCUT2D eigenvalue weighted by Crippen LogP contribution is -2.36. The number of dihydropyridines is 1. The molecule has 0 spiro atoms. The van der Waals surface area contributed by atoms with Crippen LogP contribution in [-0.2, 0) is 14.3 Å². The van der Waals surface area contributed by atoms with Crippen molar-refractivity contribution >= 4 is 11.8 Å². The number of hydrogen-bond donors (Lipinski definition) is 1. The molecule has 2 aromatic carbocycles. The summed E-state index contributed by atoms with van der Waals surface area (Å²) in [5.41, 5.74) is 3.95. The molecule has 0 unspecified atom stereocenters. The van der Waals surface area contributed by atoms with Crippen LogP contribution in [0.4, 0.5) is 0 Å². The zero-order valence-electron chi connectivity index (χ0n) is 22.8. The van der Waals surface area contributed by atoms with Gasteiger partial charge in [0.2, 0.25) is 5.75 Å². The third-order valence-corrected chi connectivity index (χ3v) is 7.11. The Bertz CT molecular complexity index is 1290. The standard InChI is InChI=1S/C30H35NO7/c1-7-14-38-30(33)25-17(2)31-21-15-18(19-10-8-9-11-23(19)34-3)16-22(32)27(21)26(25)20-12-13-24(35-4)29(37-6)28(20)36-5/h8-13,18,26,31H,7,14-16H2,1-6H3/t18-,26+/m0/s1. The largest absolute Gasteiger partial charge is 0.496 e. The minimum atomic E-state index is -0.698. The summed E-state index contributed by atoms with van der Waals surface area (Å²) < 4.78 is 28.1. The van der Waals surface area contributed by atoms with Crippen molar-refractivity contribution in [2.24, 2.45) is 0 Å². The van der Waals surface area contributed by atoms with Gasteiger partial charge < -0.3 is 29.0 Å². The van der Waals surface area contributed by atoms with E-state index in [1.54, 1.807) is 20.3 Å². The summed E-state index contributed by atoms with van der Waals surface area (Å²) in [7, 11) is 6.23. The average Bonchev–Trinajstić information content (AvgIpc) is 2.93. The first-order valence-corrected chi connectivity index (χ1v) is 12.7. The molecule has 4 rings (SSSR count).